The first-order valence-corrected chi connectivity index (χ1v) is 9.91. The molecule has 3 aromatic rings. The van der Waals surface area contributed by atoms with Crippen LogP contribution in [0.25, 0.3) is 10.9 Å². The monoisotopic (exact) mass is 382 g/mol. The first-order valence-electron chi connectivity index (χ1n) is 8.76. The van der Waals surface area contributed by atoms with Crippen LogP contribution in [0, 0.1) is 6.92 Å². The average molecular weight is 382 g/mol. The Hall–Kier alpha value is -2.80. The molecule has 0 unspecified atom stereocenters. The lowest BCUT2D eigenvalue weighted by atomic mass is 10.2. The van der Waals surface area contributed by atoms with Crippen LogP contribution in [0.3, 0.4) is 0 Å². The zero-order valence-corrected chi connectivity index (χ0v) is 16.2. The van der Waals surface area contributed by atoms with Crippen LogP contribution < -0.4 is 16.4 Å². The number of aromatic nitrogens is 2. The Bertz CT molecular complexity index is 1020. The van der Waals surface area contributed by atoms with Gasteiger partial charge in [0.05, 0.1) is 16.7 Å². The fraction of sp³-hybridized carbons (Fsp3) is 0.250. The molecule has 1 heterocycles. The van der Waals surface area contributed by atoms with E-state index in [1.54, 1.807) is 12.1 Å². The summed E-state index contributed by atoms with van der Waals surface area (Å²) in [5, 5.41) is 0.560. The van der Waals surface area contributed by atoms with Crippen molar-refractivity contribution in [2.24, 2.45) is 0 Å². The van der Waals surface area contributed by atoms with Crippen molar-refractivity contribution in [2.75, 3.05) is 11.2 Å². The topological polar surface area (TPSA) is 76.0 Å². The van der Waals surface area contributed by atoms with Gasteiger partial charge in [0.15, 0.2) is 0 Å². The van der Waals surface area contributed by atoms with Crippen molar-refractivity contribution in [1.82, 2.24) is 15.0 Å². The molecular formula is C20H22N4O2S. The third-order valence-electron chi connectivity index (χ3n) is 4.08. The van der Waals surface area contributed by atoms with Gasteiger partial charge in [-0.05, 0) is 31.5 Å². The van der Waals surface area contributed by atoms with E-state index in [0.29, 0.717) is 29.1 Å². The number of hydrogen-bond acceptors (Lipinski definition) is 5. The molecule has 0 bridgehead atoms. The van der Waals surface area contributed by atoms with Crippen LogP contribution in [-0.4, -0.2) is 21.2 Å². The predicted octanol–water partition coefficient (Wildman–Crippen LogP) is 3.10. The Morgan fingerprint density at radius 2 is 2.00 bits per heavy atom. The van der Waals surface area contributed by atoms with Gasteiger partial charge in [0, 0.05) is 12.3 Å². The van der Waals surface area contributed by atoms with Gasteiger partial charge >= 0.3 is 0 Å². The number of nitrogens with one attached hydrogen (secondary N) is 2. The van der Waals surface area contributed by atoms with E-state index in [-0.39, 0.29) is 11.5 Å². The maximum Gasteiger partial charge on any atom is 0.262 e. The molecule has 1 aromatic heterocycles. The number of anilines is 1. The van der Waals surface area contributed by atoms with Crippen molar-refractivity contribution in [3.05, 3.63) is 70.0 Å². The second kappa shape index (κ2) is 8.73. The summed E-state index contributed by atoms with van der Waals surface area (Å²) in [6, 6.07) is 15.4. The Balaban J connectivity index is 1.60. The molecule has 0 saturated heterocycles. The summed E-state index contributed by atoms with van der Waals surface area (Å²) in [4.78, 5) is 29.1. The van der Waals surface area contributed by atoms with Gasteiger partial charge in [0.1, 0.15) is 0 Å². The lowest BCUT2D eigenvalue weighted by Crippen LogP contribution is -2.35. The van der Waals surface area contributed by atoms with E-state index < -0.39 is 0 Å². The molecule has 0 spiro atoms. The number of hydrazine groups is 1. The minimum atomic E-state index is -0.169. The van der Waals surface area contributed by atoms with Crippen LogP contribution in [0.4, 0.5) is 5.95 Å². The molecule has 2 aromatic carbocycles. The largest absolute Gasteiger partial charge is 0.277 e. The van der Waals surface area contributed by atoms with Crippen LogP contribution in [0.5, 0.6) is 0 Å². The molecule has 0 aliphatic rings. The van der Waals surface area contributed by atoms with E-state index in [2.05, 4.69) is 41.0 Å². The van der Waals surface area contributed by atoms with Gasteiger partial charge in [0.25, 0.3) is 5.56 Å². The van der Waals surface area contributed by atoms with Crippen LogP contribution in [-0.2, 0) is 17.1 Å². The van der Waals surface area contributed by atoms with Gasteiger partial charge < -0.3 is 0 Å². The van der Waals surface area contributed by atoms with Crippen molar-refractivity contribution in [1.29, 1.82) is 0 Å². The second-order valence-corrected chi connectivity index (χ2v) is 7.14. The molecule has 0 saturated carbocycles. The van der Waals surface area contributed by atoms with Crippen LogP contribution in [0.15, 0.2) is 53.3 Å². The molecule has 0 aliphatic carbocycles. The number of amides is 1. The van der Waals surface area contributed by atoms with Crippen molar-refractivity contribution < 1.29 is 4.79 Å². The molecular weight excluding hydrogens is 360 g/mol. The number of hydrogen-bond donors (Lipinski definition) is 2. The Kier molecular flexibility index (Phi) is 6.13. The van der Waals surface area contributed by atoms with E-state index in [9.17, 15) is 9.59 Å². The number of fused-ring (bicyclic) bond motifs is 1. The number of para-hydroxylation sites is 1. The molecule has 1 amide bonds. The fourth-order valence-corrected chi connectivity index (χ4v) is 3.56. The smallest absolute Gasteiger partial charge is 0.262 e. The van der Waals surface area contributed by atoms with E-state index in [4.69, 9.17) is 0 Å². The highest BCUT2D eigenvalue weighted by Gasteiger charge is 2.10. The average Bonchev–Trinajstić information content (AvgIpc) is 2.66. The molecule has 0 aliphatic heterocycles. The summed E-state index contributed by atoms with van der Waals surface area (Å²) in [5.41, 5.74) is 8.29. The van der Waals surface area contributed by atoms with Crippen LogP contribution in [0.1, 0.15) is 18.1 Å². The first-order chi connectivity index (χ1) is 13.1. The van der Waals surface area contributed by atoms with E-state index in [1.165, 1.54) is 27.5 Å². The second-order valence-electron chi connectivity index (χ2n) is 6.16. The lowest BCUT2D eigenvalue weighted by molar-refractivity contribution is -0.118. The summed E-state index contributed by atoms with van der Waals surface area (Å²) in [6.45, 7) is 4.37. The summed E-state index contributed by atoms with van der Waals surface area (Å²) < 4.78 is 1.50. The van der Waals surface area contributed by atoms with Crippen molar-refractivity contribution in [3.8, 4) is 0 Å². The number of benzene rings is 2. The molecule has 0 fully saturated rings. The summed E-state index contributed by atoms with van der Waals surface area (Å²) in [5.74, 6) is 1.24. The van der Waals surface area contributed by atoms with Gasteiger partial charge in [-0.25, -0.2) is 4.98 Å². The maximum atomic E-state index is 12.5. The Morgan fingerprint density at radius 1 is 1.19 bits per heavy atom. The van der Waals surface area contributed by atoms with E-state index in [1.807, 2.05) is 25.1 Å². The summed E-state index contributed by atoms with van der Waals surface area (Å²) >= 11 is 1.53. The maximum absolute atomic E-state index is 12.5. The standard InChI is InChI=1S/C20H22N4O2S/c1-3-24-19(26)16-9-4-5-10-17(16)21-20(24)23-22-18(25)13-27-12-15-8-6-7-14(2)11-15/h4-11H,3,12-13H2,1-2H3,(H,21,23)(H,22,25). The van der Waals surface area contributed by atoms with Crippen molar-refractivity contribution in [3.63, 3.8) is 0 Å². The third-order valence-corrected chi connectivity index (χ3v) is 5.08. The van der Waals surface area contributed by atoms with Gasteiger partial charge in [0.2, 0.25) is 11.9 Å². The Labute approximate surface area is 162 Å². The van der Waals surface area contributed by atoms with Crippen molar-refractivity contribution >= 4 is 34.5 Å². The molecule has 0 radical (unpaired) electrons. The van der Waals surface area contributed by atoms with E-state index >= 15 is 0 Å². The van der Waals surface area contributed by atoms with Crippen LogP contribution >= 0.6 is 11.8 Å². The highest BCUT2D eigenvalue weighted by atomic mass is 32.2. The first kappa shape index (κ1) is 19.0. The number of aryl methyl sites for hydroxylation is 1. The normalized spacial score (nSPS) is 10.7. The number of nitrogens with zero attached hydrogens (tertiary/aromatic N) is 2. The quantitative estimate of drug-likeness (QED) is 0.614. The minimum absolute atomic E-state index is 0.131. The van der Waals surface area contributed by atoms with Gasteiger partial charge in [-0.15, -0.1) is 11.8 Å². The zero-order chi connectivity index (χ0) is 19.2. The van der Waals surface area contributed by atoms with Gasteiger partial charge in [-0.3, -0.25) is 25.0 Å². The fourth-order valence-electron chi connectivity index (χ4n) is 2.78. The summed E-state index contributed by atoms with van der Waals surface area (Å²) in [6.07, 6.45) is 0. The number of carbonyl (C=O) groups is 1. The molecule has 0 atom stereocenters. The van der Waals surface area contributed by atoms with Gasteiger partial charge in [-0.1, -0.05) is 42.0 Å². The molecule has 140 valence electrons. The molecule has 2 N–H and O–H groups in total. The highest BCUT2D eigenvalue weighted by molar-refractivity contribution is 7.99. The minimum Gasteiger partial charge on any atom is -0.277 e. The Morgan fingerprint density at radius 3 is 2.78 bits per heavy atom. The molecule has 3 rings (SSSR count). The molecule has 6 nitrogen and oxygen atoms in total. The molecule has 27 heavy (non-hydrogen) atoms. The van der Waals surface area contributed by atoms with Gasteiger partial charge in [-0.2, -0.15) is 0 Å². The zero-order valence-electron chi connectivity index (χ0n) is 15.4. The SMILES string of the molecule is CCn1c(NNC(=O)CSCc2cccc(C)c2)nc2ccccc2c1=O. The number of thioether (sulfide) groups is 1. The van der Waals surface area contributed by atoms with Crippen molar-refractivity contribution in [2.45, 2.75) is 26.1 Å². The number of carbonyl (C=O) groups excluding carboxylic acids is 1. The highest BCUT2D eigenvalue weighted by Crippen LogP contribution is 2.13. The third kappa shape index (κ3) is 4.68. The predicted molar refractivity (Wildman–Crippen MR) is 111 cm³/mol. The molecule has 7 heteroatoms. The summed E-state index contributed by atoms with van der Waals surface area (Å²) in [7, 11) is 0. The van der Waals surface area contributed by atoms with Crippen LogP contribution in [0.2, 0.25) is 0 Å². The lowest BCUT2D eigenvalue weighted by Gasteiger charge is -2.14. The number of rotatable bonds is 7. The van der Waals surface area contributed by atoms with E-state index in [0.717, 1.165) is 5.75 Å².